The van der Waals surface area contributed by atoms with Crippen molar-refractivity contribution in [2.45, 2.75) is 55.4 Å². The first-order chi connectivity index (χ1) is 21.6. The van der Waals surface area contributed by atoms with Crippen molar-refractivity contribution >= 4 is 17.1 Å². The maximum atomic E-state index is 4.30. The van der Waals surface area contributed by atoms with Gasteiger partial charge in [-0.3, -0.25) is 4.98 Å². The summed E-state index contributed by atoms with van der Waals surface area (Å²) in [4.78, 5) is 6.67. The van der Waals surface area contributed by atoms with Crippen LogP contribution < -0.4 is 4.90 Å². The predicted octanol–water partition coefficient (Wildman–Crippen LogP) is 12.0. The third-order valence-electron chi connectivity index (χ3n) is 8.96. The number of rotatable bonds is 6. The van der Waals surface area contributed by atoms with E-state index in [1.807, 2.05) is 12.4 Å². The predicted molar refractivity (Wildman–Crippen MR) is 193 cm³/mol. The Labute approximate surface area is 269 Å². The molecule has 0 aliphatic heterocycles. The summed E-state index contributed by atoms with van der Waals surface area (Å²) in [6, 6.07) is 36.1. The van der Waals surface area contributed by atoms with Gasteiger partial charge in [0.25, 0.3) is 0 Å². The number of aromatic nitrogens is 1. The second-order valence-corrected chi connectivity index (χ2v) is 12.7. The van der Waals surface area contributed by atoms with Crippen molar-refractivity contribution in [3.8, 4) is 33.4 Å². The van der Waals surface area contributed by atoms with Gasteiger partial charge < -0.3 is 4.90 Å². The molecule has 0 amide bonds. The minimum absolute atomic E-state index is 1.13. The SMILES string of the molecule is Cc1cc(C)c(-c2ccc(N(c3ccc(-c4c(C)cc(C)cc4C)cc3)c3ccc(-c4ccncc4C)c(C)c3)cc2)c(C)c1. The van der Waals surface area contributed by atoms with Crippen LogP contribution in [0.2, 0.25) is 0 Å². The van der Waals surface area contributed by atoms with Gasteiger partial charge in [-0.2, -0.15) is 0 Å². The zero-order valence-electron chi connectivity index (χ0n) is 27.8. The van der Waals surface area contributed by atoms with Gasteiger partial charge in [0.1, 0.15) is 0 Å². The summed E-state index contributed by atoms with van der Waals surface area (Å²) in [6.45, 7) is 17.5. The molecule has 0 N–H and O–H groups in total. The molecule has 0 saturated heterocycles. The van der Waals surface area contributed by atoms with Gasteiger partial charge in [0, 0.05) is 29.5 Å². The van der Waals surface area contributed by atoms with E-state index in [4.69, 9.17) is 0 Å². The molecule has 6 aromatic rings. The van der Waals surface area contributed by atoms with E-state index in [1.165, 1.54) is 77.9 Å². The highest BCUT2D eigenvalue weighted by Crippen LogP contribution is 2.40. The van der Waals surface area contributed by atoms with Crippen LogP contribution in [0.3, 0.4) is 0 Å². The summed E-state index contributed by atoms with van der Waals surface area (Å²) in [7, 11) is 0. The Morgan fingerprint density at radius 1 is 0.400 bits per heavy atom. The van der Waals surface area contributed by atoms with Crippen molar-refractivity contribution in [3.05, 3.63) is 154 Å². The zero-order valence-corrected chi connectivity index (χ0v) is 27.8. The summed E-state index contributed by atoms with van der Waals surface area (Å²) in [6.07, 6.45) is 3.81. The van der Waals surface area contributed by atoms with E-state index in [0.717, 1.165) is 17.1 Å². The van der Waals surface area contributed by atoms with Gasteiger partial charge in [-0.25, -0.2) is 0 Å². The van der Waals surface area contributed by atoms with Gasteiger partial charge in [0.05, 0.1) is 0 Å². The van der Waals surface area contributed by atoms with E-state index >= 15 is 0 Å². The van der Waals surface area contributed by atoms with E-state index in [0.29, 0.717) is 0 Å². The lowest BCUT2D eigenvalue weighted by atomic mass is 9.93. The molecule has 5 aromatic carbocycles. The van der Waals surface area contributed by atoms with Crippen LogP contribution in [-0.4, -0.2) is 4.98 Å². The maximum Gasteiger partial charge on any atom is 0.0464 e. The van der Waals surface area contributed by atoms with Crippen LogP contribution in [0.15, 0.2) is 109 Å². The average Bonchev–Trinajstić information content (AvgIpc) is 2.98. The highest BCUT2D eigenvalue weighted by molar-refractivity contribution is 5.83. The minimum atomic E-state index is 1.13. The molecule has 1 heterocycles. The number of hydrogen-bond donors (Lipinski definition) is 0. The molecule has 0 radical (unpaired) electrons. The van der Waals surface area contributed by atoms with Gasteiger partial charge in [0.2, 0.25) is 0 Å². The molecular weight excluding hydrogens is 544 g/mol. The molecule has 0 atom stereocenters. The monoisotopic (exact) mass is 586 g/mol. The third-order valence-corrected chi connectivity index (χ3v) is 8.96. The lowest BCUT2D eigenvalue weighted by Crippen LogP contribution is -2.10. The molecule has 2 nitrogen and oxygen atoms in total. The van der Waals surface area contributed by atoms with Crippen molar-refractivity contribution in [2.24, 2.45) is 0 Å². The summed E-state index contributed by atoms with van der Waals surface area (Å²) in [5.74, 6) is 0. The second kappa shape index (κ2) is 12.2. The lowest BCUT2D eigenvalue weighted by molar-refractivity contribution is 1.25. The molecule has 0 aliphatic carbocycles. The van der Waals surface area contributed by atoms with Gasteiger partial charge in [-0.1, -0.05) is 65.7 Å². The number of anilines is 3. The van der Waals surface area contributed by atoms with Crippen LogP contribution in [0.4, 0.5) is 17.1 Å². The highest BCUT2D eigenvalue weighted by Gasteiger charge is 2.17. The average molecular weight is 587 g/mol. The van der Waals surface area contributed by atoms with E-state index in [9.17, 15) is 0 Å². The maximum absolute atomic E-state index is 4.30. The van der Waals surface area contributed by atoms with Gasteiger partial charge in [-0.05, 0) is 165 Å². The van der Waals surface area contributed by atoms with Crippen LogP contribution in [0.25, 0.3) is 33.4 Å². The normalized spacial score (nSPS) is 11.1. The molecule has 6 rings (SSSR count). The first-order valence-corrected chi connectivity index (χ1v) is 15.8. The molecule has 0 aliphatic rings. The number of benzene rings is 5. The molecule has 0 unspecified atom stereocenters. The zero-order chi connectivity index (χ0) is 31.8. The number of aryl methyl sites for hydroxylation is 8. The first kappa shape index (κ1) is 30.1. The van der Waals surface area contributed by atoms with Gasteiger partial charge in [0.15, 0.2) is 0 Å². The van der Waals surface area contributed by atoms with Crippen molar-refractivity contribution in [3.63, 3.8) is 0 Å². The fraction of sp³-hybridized carbons (Fsp3) is 0.186. The van der Waals surface area contributed by atoms with Crippen molar-refractivity contribution in [1.82, 2.24) is 4.98 Å². The number of nitrogens with zero attached hydrogens (tertiary/aromatic N) is 2. The molecule has 0 saturated carbocycles. The van der Waals surface area contributed by atoms with E-state index in [-0.39, 0.29) is 0 Å². The fourth-order valence-corrected chi connectivity index (χ4v) is 7.14. The van der Waals surface area contributed by atoms with Gasteiger partial charge >= 0.3 is 0 Å². The van der Waals surface area contributed by atoms with Crippen molar-refractivity contribution < 1.29 is 0 Å². The summed E-state index contributed by atoms with van der Waals surface area (Å²) < 4.78 is 0. The van der Waals surface area contributed by atoms with E-state index in [2.05, 4.69) is 162 Å². The summed E-state index contributed by atoms with van der Waals surface area (Å²) in [5.41, 5.74) is 21.2. The molecule has 0 bridgehead atoms. The highest BCUT2D eigenvalue weighted by atomic mass is 15.1. The Hall–Kier alpha value is -4.95. The van der Waals surface area contributed by atoms with Crippen LogP contribution in [-0.2, 0) is 0 Å². The minimum Gasteiger partial charge on any atom is -0.310 e. The smallest absolute Gasteiger partial charge is 0.0464 e. The largest absolute Gasteiger partial charge is 0.310 e. The molecule has 45 heavy (non-hydrogen) atoms. The van der Waals surface area contributed by atoms with E-state index in [1.54, 1.807) is 0 Å². The Morgan fingerprint density at radius 2 is 0.822 bits per heavy atom. The topological polar surface area (TPSA) is 16.1 Å². The molecule has 2 heteroatoms. The Kier molecular flexibility index (Phi) is 8.16. The molecular formula is C43H42N2. The van der Waals surface area contributed by atoms with Crippen LogP contribution >= 0.6 is 0 Å². The van der Waals surface area contributed by atoms with Gasteiger partial charge in [-0.15, -0.1) is 0 Å². The first-order valence-electron chi connectivity index (χ1n) is 15.8. The van der Waals surface area contributed by atoms with Crippen molar-refractivity contribution in [1.29, 1.82) is 0 Å². The van der Waals surface area contributed by atoms with Crippen LogP contribution in [0.1, 0.15) is 44.5 Å². The molecule has 224 valence electrons. The molecule has 0 spiro atoms. The third kappa shape index (κ3) is 5.93. The lowest BCUT2D eigenvalue weighted by Gasteiger charge is -2.27. The number of pyridine rings is 1. The molecule has 1 aromatic heterocycles. The quantitative estimate of drug-likeness (QED) is 0.193. The fourth-order valence-electron chi connectivity index (χ4n) is 7.14. The summed E-state index contributed by atoms with van der Waals surface area (Å²) in [5, 5.41) is 0. The van der Waals surface area contributed by atoms with E-state index < -0.39 is 0 Å². The van der Waals surface area contributed by atoms with Crippen LogP contribution in [0.5, 0.6) is 0 Å². The number of hydrogen-bond acceptors (Lipinski definition) is 2. The Morgan fingerprint density at radius 3 is 1.24 bits per heavy atom. The summed E-state index contributed by atoms with van der Waals surface area (Å²) >= 11 is 0. The Balaban J connectivity index is 1.45. The standard InChI is InChI=1S/C43H42N2/c1-27-21-30(4)42(31(5)22-27)35-9-13-37(14-10-35)45(39-17-18-40(29(3)25-39)41-19-20-44-26-34(41)8)38-15-11-36(12-16-38)43-32(6)23-28(2)24-33(43)7/h9-26H,1-8H3. The van der Waals surface area contributed by atoms with Crippen LogP contribution in [0, 0.1) is 55.4 Å². The second-order valence-electron chi connectivity index (χ2n) is 12.7. The Bertz CT molecular complexity index is 1870. The molecule has 0 fully saturated rings. The van der Waals surface area contributed by atoms with Crippen molar-refractivity contribution in [2.75, 3.05) is 4.90 Å².